The predicted octanol–water partition coefficient (Wildman–Crippen LogP) is 2.10. The van der Waals surface area contributed by atoms with Crippen LogP contribution in [0, 0.1) is 0 Å². The number of carboxylic acid groups (broad SMARTS) is 1. The summed E-state index contributed by atoms with van der Waals surface area (Å²) in [5.41, 5.74) is 1.19. The first-order valence-electron chi connectivity index (χ1n) is 5.91. The van der Waals surface area contributed by atoms with Gasteiger partial charge in [0.25, 0.3) is 0 Å². The SMILES string of the molecule is COc1ccc(-c2nc3ncccn3c2C(=O)O)cc1. The Hall–Kier alpha value is -2.89. The number of hydrogen-bond donors (Lipinski definition) is 1. The van der Waals surface area contributed by atoms with E-state index in [4.69, 9.17) is 4.74 Å². The number of fused-ring (bicyclic) bond motifs is 1. The molecule has 0 aliphatic carbocycles. The van der Waals surface area contributed by atoms with Crippen LogP contribution in [0.15, 0.2) is 42.7 Å². The average Bonchev–Trinajstić information content (AvgIpc) is 2.86. The summed E-state index contributed by atoms with van der Waals surface area (Å²) in [5.74, 6) is 0.0135. The highest BCUT2D eigenvalue weighted by molar-refractivity contribution is 5.94. The molecule has 1 aromatic carbocycles. The molecule has 1 N–H and O–H groups in total. The van der Waals surface area contributed by atoms with Gasteiger partial charge in [0.1, 0.15) is 11.4 Å². The van der Waals surface area contributed by atoms with Crippen LogP contribution < -0.4 is 4.74 Å². The third-order valence-electron chi connectivity index (χ3n) is 2.97. The Balaban J connectivity index is 2.23. The maximum absolute atomic E-state index is 11.5. The number of aromatic nitrogens is 3. The van der Waals surface area contributed by atoms with Crippen LogP contribution in [0.2, 0.25) is 0 Å². The lowest BCUT2D eigenvalue weighted by Crippen LogP contribution is -2.03. The molecule has 0 fully saturated rings. The summed E-state index contributed by atoms with van der Waals surface area (Å²) in [6.45, 7) is 0. The minimum absolute atomic E-state index is 0.0956. The Labute approximate surface area is 114 Å². The largest absolute Gasteiger partial charge is 0.497 e. The summed E-state index contributed by atoms with van der Waals surface area (Å²) < 4.78 is 6.55. The molecule has 2 aromatic heterocycles. The van der Waals surface area contributed by atoms with E-state index in [1.807, 2.05) is 0 Å². The Morgan fingerprint density at radius 1 is 1.30 bits per heavy atom. The molecule has 20 heavy (non-hydrogen) atoms. The molecule has 0 bridgehead atoms. The Morgan fingerprint density at radius 3 is 2.70 bits per heavy atom. The van der Waals surface area contributed by atoms with Gasteiger partial charge in [0.05, 0.1) is 7.11 Å². The third kappa shape index (κ3) is 1.87. The molecule has 0 radical (unpaired) electrons. The van der Waals surface area contributed by atoms with Gasteiger partial charge in [0.15, 0.2) is 5.69 Å². The van der Waals surface area contributed by atoms with Crippen molar-refractivity contribution >= 4 is 11.7 Å². The lowest BCUT2D eigenvalue weighted by Gasteiger charge is -2.02. The van der Waals surface area contributed by atoms with E-state index >= 15 is 0 Å². The molecular formula is C14H11N3O3. The van der Waals surface area contributed by atoms with E-state index in [9.17, 15) is 9.90 Å². The molecule has 0 unspecified atom stereocenters. The first-order chi connectivity index (χ1) is 9.70. The van der Waals surface area contributed by atoms with E-state index < -0.39 is 5.97 Å². The van der Waals surface area contributed by atoms with Crippen molar-refractivity contribution in [1.82, 2.24) is 14.4 Å². The van der Waals surface area contributed by atoms with E-state index in [-0.39, 0.29) is 5.69 Å². The number of hydrogen-bond acceptors (Lipinski definition) is 4. The van der Waals surface area contributed by atoms with E-state index in [0.29, 0.717) is 22.8 Å². The second-order valence-corrected chi connectivity index (χ2v) is 4.13. The summed E-state index contributed by atoms with van der Waals surface area (Å²) in [6.07, 6.45) is 3.21. The minimum Gasteiger partial charge on any atom is -0.497 e. The molecule has 0 aliphatic rings. The number of ether oxygens (including phenoxy) is 1. The number of imidazole rings is 1. The van der Waals surface area contributed by atoms with Gasteiger partial charge >= 0.3 is 5.97 Å². The van der Waals surface area contributed by atoms with Crippen LogP contribution >= 0.6 is 0 Å². The molecule has 0 atom stereocenters. The molecule has 0 saturated heterocycles. The lowest BCUT2D eigenvalue weighted by atomic mass is 10.1. The van der Waals surface area contributed by atoms with E-state index in [1.165, 1.54) is 4.40 Å². The number of carboxylic acids is 1. The lowest BCUT2D eigenvalue weighted by molar-refractivity contribution is 0.0690. The standard InChI is InChI=1S/C14H11N3O3/c1-20-10-5-3-9(4-6-10)11-12(13(18)19)17-8-2-7-15-14(17)16-11/h2-8H,1H3,(H,18,19). The topological polar surface area (TPSA) is 76.7 Å². The van der Waals surface area contributed by atoms with Crippen molar-refractivity contribution in [2.45, 2.75) is 0 Å². The molecule has 0 saturated carbocycles. The number of carbonyl (C=O) groups is 1. The van der Waals surface area contributed by atoms with E-state index in [0.717, 1.165) is 0 Å². The van der Waals surface area contributed by atoms with Crippen LogP contribution in [0.3, 0.4) is 0 Å². The van der Waals surface area contributed by atoms with Crippen LogP contribution in [0.1, 0.15) is 10.5 Å². The molecule has 6 heteroatoms. The van der Waals surface area contributed by atoms with Gasteiger partial charge in [-0.25, -0.2) is 14.8 Å². The van der Waals surface area contributed by atoms with Crippen molar-refractivity contribution in [3.05, 3.63) is 48.4 Å². The van der Waals surface area contributed by atoms with Gasteiger partial charge in [-0.15, -0.1) is 0 Å². The molecule has 3 aromatic rings. The number of aromatic carboxylic acids is 1. The Morgan fingerprint density at radius 2 is 2.05 bits per heavy atom. The summed E-state index contributed by atoms with van der Waals surface area (Å²) in [6, 6.07) is 8.73. The normalized spacial score (nSPS) is 10.7. The van der Waals surface area contributed by atoms with Crippen molar-refractivity contribution in [3.8, 4) is 17.0 Å². The van der Waals surface area contributed by atoms with Crippen LogP contribution in [0.5, 0.6) is 5.75 Å². The zero-order chi connectivity index (χ0) is 14.1. The zero-order valence-electron chi connectivity index (χ0n) is 10.6. The summed E-state index contributed by atoms with van der Waals surface area (Å²) >= 11 is 0. The average molecular weight is 269 g/mol. The van der Waals surface area contributed by atoms with Gasteiger partial charge in [-0.2, -0.15) is 0 Å². The number of benzene rings is 1. The number of rotatable bonds is 3. The third-order valence-corrected chi connectivity index (χ3v) is 2.97. The Kier molecular flexibility index (Phi) is 2.83. The molecule has 6 nitrogen and oxygen atoms in total. The zero-order valence-corrected chi connectivity index (χ0v) is 10.6. The van der Waals surface area contributed by atoms with Crippen molar-refractivity contribution < 1.29 is 14.6 Å². The minimum atomic E-state index is -1.05. The van der Waals surface area contributed by atoms with Crippen LogP contribution in [0.25, 0.3) is 17.0 Å². The fourth-order valence-electron chi connectivity index (χ4n) is 2.04. The van der Waals surface area contributed by atoms with Crippen LogP contribution in [0.4, 0.5) is 0 Å². The highest BCUT2D eigenvalue weighted by Gasteiger charge is 2.20. The molecule has 2 heterocycles. The quantitative estimate of drug-likeness (QED) is 0.788. The van der Waals surface area contributed by atoms with Gasteiger partial charge in [0.2, 0.25) is 5.78 Å². The fraction of sp³-hybridized carbons (Fsp3) is 0.0714. The molecular weight excluding hydrogens is 258 g/mol. The predicted molar refractivity (Wildman–Crippen MR) is 71.9 cm³/mol. The van der Waals surface area contributed by atoms with E-state index in [1.54, 1.807) is 49.8 Å². The molecule has 100 valence electrons. The van der Waals surface area contributed by atoms with Gasteiger partial charge in [0, 0.05) is 18.0 Å². The van der Waals surface area contributed by atoms with Gasteiger partial charge < -0.3 is 9.84 Å². The van der Waals surface area contributed by atoms with Gasteiger partial charge in [-0.05, 0) is 30.3 Å². The highest BCUT2D eigenvalue weighted by atomic mass is 16.5. The van der Waals surface area contributed by atoms with Crippen LogP contribution in [-0.2, 0) is 0 Å². The highest BCUT2D eigenvalue weighted by Crippen LogP contribution is 2.25. The van der Waals surface area contributed by atoms with Gasteiger partial charge in [-0.1, -0.05) is 0 Å². The molecule has 0 aliphatic heterocycles. The first kappa shape index (κ1) is 12.2. The van der Waals surface area contributed by atoms with Crippen molar-refractivity contribution in [3.63, 3.8) is 0 Å². The maximum Gasteiger partial charge on any atom is 0.355 e. The summed E-state index contributed by atoms with van der Waals surface area (Å²) in [5, 5.41) is 9.40. The fourth-order valence-corrected chi connectivity index (χ4v) is 2.04. The summed E-state index contributed by atoms with van der Waals surface area (Å²) in [7, 11) is 1.58. The second-order valence-electron chi connectivity index (χ2n) is 4.13. The summed E-state index contributed by atoms with van der Waals surface area (Å²) in [4.78, 5) is 19.8. The van der Waals surface area contributed by atoms with Crippen molar-refractivity contribution in [2.24, 2.45) is 0 Å². The van der Waals surface area contributed by atoms with Crippen LogP contribution in [-0.4, -0.2) is 32.6 Å². The first-order valence-corrected chi connectivity index (χ1v) is 5.91. The molecule has 0 amide bonds. The smallest absolute Gasteiger partial charge is 0.355 e. The number of methoxy groups -OCH3 is 1. The second kappa shape index (κ2) is 4.65. The number of nitrogens with zero attached hydrogens (tertiary/aromatic N) is 3. The van der Waals surface area contributed by atoms with Crippen molar-refractivity contribution in [2.75, 3.05) is 7.11 Å². The molecule has 0 spiro atoms. The molecule has 3 rings (SSSR count). The van der Waals surface area contributed by atoms with Gasteiger partial charge in [-0.3, -0.25) is 4.40 Å². The van der Waals surface area contributed by atoms with Crippen molar-refractivity contribution in [1.29, 1.82) is 0 Å². The monoisotopic (exact) mass is 269 g/mol. The maximum atomic E-state index is 11.5. The van der Waals surface area contributed by atoms with E-state index in [2.05, 4.69) is 9.97 Å². The Bertz CT molecular complexity index is 778.